The van der Waals surface area contributed by atoms with Crippen molar-refractivity contribution in [2.24, 2.45) is 0 Å². The van der Waals surface area contributed by atoms with Gasteiger partial charge in [-0.15, -0.1) is 0 Å². The van der Waals surface area contributed by atoms with E-state index >= 15 is 0 Å². The summed E-state index contributed by atoms with van der Waals surface area (Å²) in [6, 6.07) is 25.6. The monoisotopic (exact) mass is 454 g/mol. The quantitative estimate of drug-likeness (QED) is 0.258. The second kappa shape index (κ2) is 8.93. The maximum Gasteiger partial charge on any atom is 0.200 e. The van der Waals surface area contributed by atoms with Crippen molar-refractivity contribution in [1.82, 2.24) is 0 Å². The number of ketones is 2. The molecule has 1 aliphatic rings. The van der Waals surface area contributed by atoms with Gasteiger partial charge in [0.1, 0.15) is 18.1 Å². The zero-order chi connectivity index (χ0) is 22.8. The molecule has 4 nitrogen and oxygen atoms in total. The highest BCUT2D eigenvalue weighted by molar-refractivity contribution is 6.30. The summed E-state index contributed by atoms with van der Waals surface area (Å²) in [6.07, 6.45) is 1.83. The molecule has 0 N–H and O–H groups in total. The molecule has 0 fully saturated rings. The maximum absolute atomic E-state index is 13.2. The van der Waals surface area contributed by atoms with Crippen molar-refractivity contribution in [2.45, 2.75) is 0 Å². The molecule has 0 atom stereocenters. The molecule has 5 rings (SSSR count). The number of halogens is 1. The minimum Gasteiger partial charge on any atom is -0.488 e. The highest BCUT2D eigenvalue weighted by Gasteiger charge is 2.25. The van der Waals surface area contributed by atoms with Crippen LogP contribution >= 0.6 is 11.6 Å². The molecule has 0 aliphatic carbocycles. The van der Waals surface area contributed by atoms with E-state index in [1.807, 2.05) is 54.6 Å². The highest BCUT2D eigenvalue weighted by Crippen LogP contribution is 2.34. The Hall–Kier alpha value is -3.89. The second-order valence-electron chi connectivity index (χ2n) is 7.73. The van der Waals surface area contributed by atoms with Crippen molar-refractivity contribution in [3.63, 3.8) is 0 Å². The summed E-state index contributed by atoms with van der Waals surface area (Å²) in [7, 11) is 0. The summed E-state index contributed by atoms with van der Waals surface area (Å²) in [6.45, 7) is 0.149. The average Bonchev–Trinajstić information content (AvgIpc) is 2.85. The van der Waals surface area contributed by atoms with Crippen molar-refractivity contribution in [3.8, 4) is 11.5 Å². The Morgan fingerprint density at radius 2 is 1.70 bits per heavy atom. The van der Waals surface area contributed by atoms with Crippen molar-refractivity contribution >= 4 is 40.0 Å². The fourth-order valence-electron chi connectivity index (χ4n) is 3.82. The van der Waals surface area contributed by atoms with E-state index in [1.165, 1.54) is 0 Å². The number of rotatable bonds is 5. The standard InChI is InChI=1S/C28H19ClO4/c29-22-10-7-20(8-11-22)25(30)17-32-23-12-5-18(6-13-23)15-21-16-33-26-14-9-19-3-1-2-4-24(19)27(26)28(21)31/h1-15H,16-17H2/b21-15+. The van der Waals surface area contributed by atoms with Gasteiger partial charge in [0, 0.05) is 16.2 Å². The third-order valence-corrected chi connectivity index (χ3v) is 5.80. The Morgan fingerprint density at radius 3 is 2.48 bits per heavy atom. The van der Waals surface area contributed by atoms with Crippen molar-refractivity contribution in [3.05, 3.63) is 112 Å². The fraction of sp³-hybridized carbons (Fsp3) is 0.0714. The average molecular weight is 455 g/mol. The number of hydrogen-bond acceptors (Lipinski definition) is 4. The summed E-state index contributed by atoms with van der Waals surface area (Å²) in [4.78, 5) is 25.5. The van der Waals surface area contributed by atoms with Crippen LogP contribution in [0.4, 0.5) is 0 Å². The van der Waals surface area contributed by atoms with E-state index in [-0.39, 0.29) is 24.8 Å². The Kier molecular flexibility index (Phi) is 5.68. The molecule has 0 bridgehead atoms. The number of hydrogen-bond donors (Lipinski definition) is 0. The molecule has 5 heteroatoms. The number of Topliss-reactive ketones (excluding diaryl/α,β-unsaturated/α-hetero) is 2. The van der Waals surface area contributed by atoms with Gasteiger partial charge in [-0.3, -0.25) is 9.59 Å². The second-order valence-corrected chi connectivity index (χ2v) is 8.17. The molecule has 0 unspecified atom stereocenters. The largest absolute Gasteiger partial charge is 0.488 e. The minimum absolute atomic E-state index is 0.0260. The van der Waals surface area contributed by atoms with Crippen molar-refractivity contribution in [2.75, 3.05) is 13.2 Å². The smallest absolute Gasteiger partial charge is 0.200 e. The van der Waals surface area contributed by atoms with Crippen LogP contribution in [0.25, 0.3) is 16.8 Å². The van der Waals surface area contributed by atoms with Gasteiger partial charge in [-0.1, -0.05) is 54.1 Å². The van der Waals surface area contributed by atoms with Gasteiger partial charge in [0.15, 0.2) is 18.2 Å². The van der Waals surface area contributed by atoms with Crippen LogP contribution in [0.5, 0.6) is 11.5 Å². The van der Waals surface area contributed by atoms with Gasteiger partial charge in [-0.05, 0) is 64.9 Å². The molecule has 0 spiro atoms. The lowest BCUT2D eigenvalue weighted by molar-refractivity contribution is 0.0921. The van der Waals surface area contributed by atoms with Crippen LogP contribution in [0.3, 0.4) is 0 Å². The van der Waals surface area contributed by atoms with Crippen LogP contribution in [0.2, 0.25) is 5.02 Å². The molecular formula is C28H19ClO4. The van der Waals surface area contributed by atoms with E-state index in [0.29, 0.717) is 33.2 Å². The van der Waals surface area contributed by atoms with E-state index in [4.69, 9.17) is 21.1 Å². The number of benzene rings is 4. The SMILES string of the molecule is O=C(COc1ccc(/C=C2\COc3ccc4ccccc4c3C2=O)cc1)c1ccc(Cl)cc1. The van der Waals surface area contributed by atoms with Gasteiger partial charge in [-0.2, -0.15) is 0 Å². The molecule has 4 aromatic rings. The van der Waals surface area contributed by atoms with E-state index in [2.05, 4.69) is 0 Å². The molecular weight excluding hydrogens is 436 g/mol. The Balaban J connectivity index is 1.30. The predicted octanol–water partition coefficient (Wildman–Crippen LogP) is 6.41. The molecule has 0 saturated carbocycles. The molecule has 1 heterocycles. The Labute approximate surface area is 196 Å². The molecule has 0 radical (unpaired) electrons. The van der Waals surface area contributed by atoms with Gasteiger partial charge < -0.3 is 9.47 Å². The van der Waals surface area contributed by atoms with Gasteiger partial charge in [0.25, 0.3) is 0 Å². The maximum atomic E-state index is 13.2. The van der Waals surface area contributed by atoms with Crippen LogP contribution < -0.4 is 9.47 Å². The van der Waals surface area contributed by atoms with Crippen LogP contribution in [-0.4, -0.2) is 24.8 Å². The first-order valence-electron chi connectivity index (χ1n) is 10.5. The topological polar surface area (TPSA) is 52.6 Å². The number of fused-ring (bicyclic) bond motifs is 3. The van der Waals surface area contributed by atoms with E-state index in [9.17, 15) is 9.59 Å². The van der Waals surface area contributed by atoms with Crippen LogP contribution in [0.15, 0.2) is 90.5 Å². The van der Waals surface area contributed by atoms with E-state index in [0.717, 1.165) is 16.3 Å². The lowest BCUT2D eigenvalue weighted by Crippen LogP contribution is -2.19. The van der Waals surface area contributed by atoms with Crippen LogP contribution in [0, 0.1) is 0 Å². The molecule has 33 heavy (non-hydrogen) atoms. The Morgan fingerprint density at radius 1 is 0.939 bits per heavy atom. The minimum atomic E-state index is -0.131. The zero-order valence-corrected chi connectivity index (χ0v) is 18.3. The number of carbonyl (C=O) groups excluding carboxylic acids is 2. The summed E-state index contributed by atoms with van der Waals surface area (Å²) in [5.41, 5.74) is 2.59. The molecule has 4 aromatic carbocycles. The molecule has 162 valence electrons. The normalized spacial score (nSPS) is 14.1. The van der Waals surface area contributed by atoms with Crippen LogP contribution in [-0.2, 0) is 0 Å². The first-order chi connectivity index (χ1) is 16.1. The summed E-state index contributed by atoms with van der Waals surface area (Å²) in [5.74, 6) is 1.03. The third-order valence-electron chi connectivity index (χ3n) is 5.55. The molecule has 0 amide bonds. The van der Waals surface area contributed by atoms with Gasteiger partial charge in [0.05, 0.1) is 5.56 Å². The fourth-order valence-corrected chi connectivity index (χ4v) is 3.95. The summed E-state index contributed by atoms with van der Waals surface area (Å²) >= 11 is 5.86. The van der Waals surface area contributed by atoms with Gasteiger partial charge >= 0.3 is 0 Å². The zero-order valence-electron chi connectivity index (χ0n) is 17.6. The van der Waals surface area contributed by atoms with E-state index < -0.39 is 0 Å². The highest BCUT2D eigenvalue weighted by atomic mass is 35.5. The van der Waals surface area contributed by atoms with Gasteiger partial charge in [-0.25, -0.2) is 0 Å². The summed E-state index contributed by atoms with van der Waals surface area (Å²) in [5, 5.41) is 2.47. The summed E-state index contributed by atoms with van der Waals surface area (Å²) < 4.78 is 11.5. The van der Waals surface area contributed by atoms with Crippen LogP contribution in [0.1, 0.15) is 26.3 Å². The molecule has 1 aliphatic heterocycles. The lowest BCUT2D eigenvalue weighted by Gasteiger charge is -2.20. The van der Waals surface area contributed by atoms with Gasteiger partial charge in [0.2, 0.25) is 0 Å². The molecule has 0 saturated heterocycles. The van der Waals surface area contributed by atoms with Crippen molar-refractivity contribution < 1.29 is 19.1 Å². The third kappa shape index (κ3) is 4.38. The van der Waals surface area contributed by atoms with E-state index in [1.54, 1.807) is 36.4 Å². The first kappa shape index (κ1) is 21.0. The molecule has 0 aromatic heterocycles. The first-order valence-corrected chi connectivity index (χ1v) is 10.9. The number of carbonyl (C=O) groups is 2. The Bertz CT molecular complexity index is 1390. The van der Waals surface area contributed by atoms with Crippen molar-refractivity contribution in [1.29, 1.82) is 0 Å². The number of ether oxygens (including phenoxy) is 2. The lowest BCUT2D eigenvalue weighted by atomic mass is 9.93. The predicted molar refractivity (Wildman–Crippen MR) is 129 cm³/mol.